The van der Waals surface area contributed by atoms with Gasteiger partial charge in [-0.05, 0) is 48.4 Å². The molecule has 0 saturated heterocycles. The third-order valence-corrected chi connectivity index (χ3v) is 3.02. The Morgan fingerprint density at radius 2 is 2.09 bits per heavy atom. The molecule has 116 valence electrons. The molecule has 1 aromatic heterocycles. The van der Waals surface area contributed by atoms with E-state index in [1.807, 2.05) is 24.3 Å². The Morgan fingerprint density at radius 1 is 1.27 bits per heavy atom. The van der Waals surface area contributed by atoms with Crippen LogP contribution in [-0.2, 0) is 0 Å². The van der Waals surface area contributed by atoms with Gasteiger partial charge in [-0.1, -0.05) is 19.8 Å². The molecule has 0 radical (unpaired) electrons. The Balaban J connectivity index is 1.78. The quantitative estimate of drug-likeness (QED) is 0.460. The van der Waals surface area contributed by atoms with E-state index in [0.29, 0.717) is 0 Å². The molecule has 22 heavy (non-hydrogen) atoms. The summed E-state index contributed by atoms with van der Waals surface area (Å²) < 4.78 is 10.6. The Bertz CT molecular complexity index is 589. The highest BCUT2D eigenvalue weighted by molar-refractivity contribution is 5.92. The summed E-state index contributed by atoms with van der Waals surface area (Å²) in [6, 6.07) is 10.8. The van der Waals surface area contributed by atoms with E-state index in [0.717, 1.165) is 24.3 Å². The predicted octanol–water partition coefficient (Wildman–Crippen LogP) is 3.61. The third kappa shape index (κ3) is 5.09. The van der Waals surface area contributed by atoms with E-state index in [1.165, 1.54) is 19.1 Å². The zero-order valence-electron chi connectivity index (χ0n) is 12.6. The van der Waals surface area contributed by atoms with Crippen molar-refractivity contribution in [2.45, 2.75) is 26.2 Å². The fourth-order valence-corrected chi connectivity index (χ4v) is 1.82. The highest BCUT2D eigenvalue weighted by atomic mass is 16.5. The molecule has 0 fully saturated rings. The molecule has 2 rings (SSSR count). The number of hydrogen-bond acceptors (Lipinski definition) is 4. The summed E-state index contributed by atoms with van der Waals surface area (Å²) >= 11 is 0. The minimum Gasteiger partial charge on any atom is -0.494 e. The largest absolute Gasteiger partial charge is 0.494 e. The minimum atomic E-state index is -0.378. The first-order chi connectivity index (χ1) is 10.8. The summed E-state index contributed by atoms with van der Waals surface area (Å²) in [5, 5.41) is 3.89. The molecule has 5 heteroatoms. The Labute approximate surface area is 130 Å². The molecule has 1 heterocycles. The van der Waals surface area contributed by atoms with Gasteiger partial charge in [0.15, 0.2) is 5.76 Å². The average molecular weight is 300 g/mol. The lowest BCUT2D eigenvalue weighted by Gasteiger charge is -2.05. The number of hydrogen-bond donors (Lipinski definition) is 1. The van der Waals surface area contributed by atoms with Crippen LogP contribution in [-0.4, -0.2) is 18.7 Å². The molecule has 0 bridgehead atoms. The topological polar surface area (TPSA) is 63.8 Å². The Kier molecular flexibility index (Phi) is 6.23. The van der Waals surface area contributed by atoms with E-state index in [4.69, 9.17) is 9.15 Å². The fourth-order valence-electron chi connectivity index (χ4n) is 1.82. The number of hydrazone groups is 1. The number of benzene rings is 1. The molecule has 0 atom stereocenters. The van der Waals surface area contributed by atoms with Gasteiger partial charge in [0.2, 0.25) is 0 Å². The van der Waals surface area contributed by atoms with Gasteiger partial charge < -0.3 is 9.15 Å². The molecule has 0 aliphatic carbocycles. The van der Waals surface area contributed by atoms with Gasteiger partial charge >= 0.3 is 5.91 Å². The monoisotopic (exact) mass is 300 g/mol. The smallest absolute Gasteiger partial charge is 0.307 e. The maximum atomic E-state index is 11.6. The number of nitrogens with zero attached hydrogens (tertiary/aromatic N) is 1. The minimum absolute atomic E-state index is 0.230. The first kappa shape index (κ1) is 15.8. The van der Waals surface area contributed by atoms with Gasteiger partial charge in [-0.3, -0.25) is 4.79 Å². The molecular weight excluding hydrogens is 280 g/mol. The van der Waals surface area contributed by atoms with E-state index in [-0.39, 0.29) is 11.7 Å². The number of unbranched alkanes of at least 4 members (excludes halogenated alkanes) is 2. The van der Waals surface area contributed by atoms with Crippen molar-refractivity contribution in [3.8, 4) is 5.75 Å². The molecule has 0 saturated carbocycles. The molecule has 1 N–H and O–H groups in total. The highest BCUT2D eigenvalue weighted by Crippen LogP contribution is 2.12. The van der Waals surface area contributed by atoms with Crippen molar-refractivity contribution in [3.63, 3.8) is 0 Å². The van der Waals surface area contributed by atoms with Gasteiger partial charge in [-0.15, -0.1) is 0 Å². The van der Waals surface area contributed by atoms with Gasteiger partial charge in [0.1, 0.15) is 5.75 Å². The van der Waals surface area contributed by atoms with Gasteiger partial charge in [-0.25, -0.2) is 5.43 Å². The van der Waals surface area contributed by atoms with Crippen LogP contribution in [0.5, 0.6) is 5.75 Å². The maximum Gasteiger partial charge on any atom is 0.307 e. The SMILES string of the molecule is CCCCCOc1ccc(/C=N\NC(=O)c2ccco2)cc1. The van der Waals surface area contributed by atoms with Crippen molar-refractivity contribution in [1.29, 1.82) is 0 Å². The van der Waals surface area contributed by atoms with E-state index in [1.54, 1.807) is 18.3 Å². The molecule has 2 aromatic rings. The first-order valence-electron chi connectivity index (χ1n) is 7.39. The molecule has 0 aliphatic rings. The molecule has 0 aliphatic heterocycles. The molecule has 1 aromatic carbocycles. The van der Waals surface area contributed by atoms with Crippen molar-refractivity contribution in [1.82, 2.24) is 5.43 Å². The number of nitrogens with one attached hydrogen (secondary N) is 1. The summed E-state index contributed by atoms with van der Waals surface area (Å²) in [5.41, 5.74) is 3.28. The van der Waals surface area contributed by atoms with E-state index < -0.39 is 0 Å². The average Bonchev–Trinajstić information content (AvgIpc) is 3.07. The van der Waals surface area contributed by atoms with Crippen LogP contribution in [0.15, 0.2) is 52.2 Å². The predicted molar refractivity (Wildman–Crippen MR) is 85.2 cm³/mol. The third-order valence-electron chi connectivity index (χ3n) is 3.02. The number of rotatable bonds is 8. The number of furan rings is 1. The van der Waals surface area contributed by atoms with Crippen molar-refractivity contribution in [3.05, 3.63) is 54.0 Å². The number of amides is 1. The summed E-state index contributed by atoms with van der Waals surface area (Å²) in [7, 11) is 0. The highest BCUT2D eigenvalue weighted by Gasteiger charge is 2.05. The molecule has 0 spiro atoms. The lowest BCUT2D eigenvalue weighted by molar-refractivity contribution is 0.0927. The fraction of sp³-hybridized carbons (Fsp3) is 0.294. The second-order valence-corrected chi connectivity index (χ2v) is 4.80. The summed E-state index contributed by atoms with van der Waals surface area (Å²) in [5.74, 6) is 0.693. The van der Waals surface area contributed by atoms with Crippen molar-refractivity contribution < 1.29 is 13.9 Å². The summed E-state index contributed by atoms with van der Waals surface area (Å²) in [6.07, 6.45) is 6.45. The Hall–Kier alpha value is -2.56. The van der Waals surface area contributed by atoms with Gasteiger partial charge in [0.05, 0.1) is 19.1 Å². The van der Waals surface area contributed by atoms with Crippen LogP contribution in [0.3, 0.4) is 0 Å². The van der Waals surface area contributed by atoms with Crippen LogP contribution in [0.2, 0.25) is 0 Å². The second-order valence-electron chi connectivity index (χ2n) is 4.80. The summed E-state index contributed by atoms with van der Waals surface area (Å²) in [4.78, 5) is 11.6. The number of carbonyl (C=O) groups excluding carboxylic acids is 1. The molecule has 0 unspecified atom stereocenters. The van der Waals surface area contributed by atoms with Gasteiger partial charge in [-0.2, -0.15) is 5.10 Å². The van der Waals surface area contributed by atoms with Crippen LogP contribution < -0.4 is 10.2 Å². The first-order valence-corrected chi connectivity index (χ1v) is 7.39. The lowest BCUT2D eigenvalue weighted by atomic mass is 10.2. The van der Waals surface area contributed by atoms with E-state index in [2.05, 4.69) is 17.5 Å². The van der Waals surface area contributed by atoms with Crippen molar-refractivity contribution in [2.75, 3.05) is 6.61 Å². The second kappa shape index (κ2) is 8.67. The lowest BCUT2D eigenvalue weighted by Crippen LogP contribution is -2.16. The number of ether oxygens (including phenoxy) is 1. The van der Waals surface area contributed by atoms with Crippen LogP contribution in [0, 0.1) is 0 Å². The van der Waals surface area contributed by atoms with Gasteiger partial charge in [0.25, 0.3) is 0 Å². The van der Waals surface area contributed by atoms with Crippen LogP contribution in [0.25, 0.3) is 0 Å². The van der Waals surface area contributed by atoms with E-state index >= 15 is 0 Å². The summed E-state index contributed by atoms with van der Waals surface area (Å²) in [6.45, 7) is 2.90. The zero-order valence-corrected chi connectivity index (χ0v) is 12.6. The van der Waals surface area contributed by atoms with Crippen LogP contribution in [0.1, 0.15) is 42.3 Å². The van der Waals surface area contributed by atoms with Crippen molar-refractivity contribution >= 4 is 12.1 Å². The van der Waals surface area contributed by atoms with Crippen molar-refractivity contribution in [2.24, 2.45) is 5.10 Å². The normalized spacial score (nSPS) is 10.8. The van der Waals surface area contributed by atoms with Crippen LogP contribution in [0.4, 0.5) is 0 Å². The molecule has 5 nitrogen and oxygen atoms in total. The van der Waals surface area contributed by atoms with Crippen LogP contribution >= 0.6 is 0 Å². The molecule has 1 amide bonds. The maximum absolute atomic E-state index is 11.6. The molecular formula is C17H20N2O3. The standard InChI is InChI=1S/C17H20N2O3/c1-2-3-4-11-21-15-9-7-14(8-10-15)13-18-19-17(20)16-6-5-12-22-16/h5-10,12-13H,2-4,11H2,1H3,(H,19,20)/b18-13-. The number of carbonyl (C=O) groups is 1. The van der Waals surface area contributed by atoms with Gasteiger partial charge in [0, 0.05) is 0 Å². The van der Waals surface area contributed by atoms with E-state index in [9.17, 15) is 4.79 Å². The Morgan fingerprint density at radius 3 is 2.77 bits per heavy atom. The zero-order chi connectivity index (χ0) is 15.6.